The largest absolute Gasteiger partial charge is 0.293 e. The molecule has 1 aromatic carbocycles. The first-order valence-corrected chi connectivity index (χ1v) is 11.2. The van der Waals surface area contributed by atoms with Crippen LogP contribution in [0.5, 0.6) is 0 Å². The van der Waals surface area contributed by atoms with Gasteiger partial charge in [-0.25, -0.2) is 8.42 Å². The summed E-state index contributed by atoms with van der Waals surface area (Å²) in [7, 11) is -3.51. The Bertz CT molecular complexity index is 874. The lowest BCUT2D eigenvalue weighted by molar-refractivity contribution is 0.0572. The number of piperidine rings is 1. The first kappa shape index (κ1) is 18.7. The molecule has 0 aliphatic carbocycles. The van der Waals surface area contributed by atoms with Crippen molar-refractivity contribution in [1.29, 1.82) is 0 Å². The van der Waals surface area contributed by atoms with Crippen molar-refractivity contribution in [3.63, 3.8) is 0 Å². The smallest absolute Gasteiger partial charge is 0.246 e. The van der Waals surface area contributed by atoms with Crippen LogP contribution in [0.3, 0.4) is 0 Å². The summed E-state index contributed by atoms with van der Waals surface area (Å²) >= 11 is 0. The lowest BCUT2D eigenvalue weighted by Gasteiger charge is -2.47. The van der Waals surface area contributed by atoms with Gasteiger partial charge in [-0.2, -0.15) is 9.40 Å². The standard InChI is InChI=1S/C20H28N4O2S/c1-16-19(17(2)22-21-16)27(25,26)24-14-10-20(11-15-24,23-12-6-7-13-23)18-8-4-3-5-9-18/h3-5,8-9H,6-7,10-15H2,1-2H3,(H,21,22). The normalized spacial score (nSPS) is 21.6. The number of aromatic nitrogens is 2. The molecule has 3 heterocycles. The Morgan fingerprint density at radius 3 is 2.19 bits per heavy atom. The van der Waals surface area contributed by atoms with E-state index in [1.807, 2.05) is 6.07 Å². The van der Waals surface area contributed by atoms with Gasteiger partial charge in [-0.1, -0.05) is 30.3 Å². The van der Waals surface area contributed by atoms with Crippen LogP contribution in [0, 0.1) is 13.8 Å². The zero-order valence-corrected chi connectivity index (χ0v) is 16.9. The Morgan fingerprint density at radius 1 is 1.00 bits per heavy atom. The predicted octanol–water partition coefficient (Wildman–Crippen LogP) is 2.80. The van der Waals surface area contributed by atoms with E-state index in [4.69, 9.17) is 0 Å². The molecule has 2 saturated heterocycles. The van der Waals surface area contributed by atoms with E-state index in [0.717, 1.165) is 25.9 Å². The molecular weight excluding hydrogens is 360 g/mol. The summed E-state index contributed by atoms with van der Waals surface area (Å²) in [5.41, 5.74) is 2.43. The van der Waals surface area contributed by atoms with Crippen LogP contribution in [-0.2, 0) is 15.6 Å². The first-order valence-electron chi connectivity index (χ1n) is 9.77. The average Bonchev–Trinajstić information content (AvgIpc) is 3.33. The molecule has 146 valence electrons. The lowest BCUT2D eigenvalue weighted by Crippen LogP contribution is -2.53. The summed E-state index contributed by atoms with van der Waals surface area (Å²) in [4.78, 5) is 2.93. The number of hydrogen-bond donors (Lipinski definition) is 1. The number of aryl methyl sites for hydroxylation is 2. The number of hydrogen-bond acceptors (Lipinski definition) is 4. The summed E-state index contributed by atoms with van der Waals surface area (Å²) in [6.07, 6.45) is 4.10. The molecule has 2 aliphatic rings. The zero-order valence-electron chi connectivity index (χ0n) is 16.1. The molecule has 0 spiro atoms. The molecular formula is C20H28N4O2S. The highest BCUT2D eigenvalue weighted by molar-refractivity contribution is 7.89. The van der Waals surface area contributed by atoms with Gasteiger partial charge in [0.05, 0.1) is 11.4 Å². The van der Waals surface area contributed by atoms with Crippen molar-refractivity contribution in [3.8, 4) is 0 Å². The van der Waals surface area contributed by atoms with Gasteiger partial charge in [0.15, 0.2) is 0 Å². The Morgan fingerprint density at radius 2 is 1.63 bits per heavy atom. The molecule has 1 aromatic heterocycles. The quantitative estimate of drug-likeness (QED) is 0.874. The van der Waals surface area contributed by atoms with E-state index in [-0.39, 0.29) is 5.54 Å². The van der Waals surface area contributed by atoms with Crippen LogP contribution in [0.25, 0.3) is 0 Å². The van der Waals surface area contributed by atoms with Gasteiger partial charge in [-0.3, -0.25) is 10.00 Å². The minimum atomic E-state index is -3.51. The predicted molar refractivity (Wildman–Crippen MR) is 105 cm³/mol. The molecule has 4 rings (SSSR count). The summed E-state index contributed by atoms with van der Waals surface area (Å²) in [5.74, 6) is 0. The summed E-state index contributed by atoms with van der Waals surface area (Å²) in [5, 5.41) is 6.88. The van der Waals surface area contributed by atoms with Gasteiger partial charge in [0.25, 0.3) is 0 Å². The molecule has 0 amide bonds. The van der Waals surface area contributed by atoms with Crippen LogP contribution in [0.4, 0.5) is 0 Å². The summed E-state index contributed by atoms with van der Waals surface area (Å²) in [6, 6.07) is 10.6. The molecule has 0 radical (unpaired) electrons. The van der Waals surface area contributed by atoms with E-state index in [2.05, 4.69) is 39.4 Å². The third-order valence-electron chi connectivity index (χ3n) is 6.23. The summed E-state index contributed by atoms with van der Waals surface area (Å²) in [6.45, 7) is 6.80. The highest BCUT2D eigenvalue weighted by Gasteiger charge is 2.45. The van der Waals surface area contributed by atoms with Crippen LogP contribution in [-0.4, -0.2) is 54.0 Å². The number of nitrogens with one attached hydrogen (secondary N) is 1. The van der Waals surface area contributed by atoms with Crippen LogP contribution >= 0.6 is 0 Å². The maximum atomic E-state index is 13.2. The van der Waals surface area contributed by atoms with E-state index in [9.17, 15) is 8.42 Å². The average molecular weight is 389 g/mol. The fourth-order valence-electron chi connectivity index (χ4n) is 4.83. The summed E-state index contributed by atoms with van der Waals surface area (Å²) < 4.78 is 28.1. The van der Waals surface area contributed by atoms with Crippen molar-refractivity contribution in [2.75, 3.05) is 26.2 Å². The molecule has 27 heavy (non-hydrogen) atoms. The second-order valence-electron chi connectivity index (χ2n) is 7.76. The van der Waals surface area contributed by atoms with E-state index in [1.54, 1.807) is 18.2 Å². The van der Waals surface area contributed by atoms with Gasteiger partial charge < -0.3 is 0 Å². The number of likely N-dealkylation sites (tertiary alicyclic amines) is 1. The van der Waals surface area contributed by atoms with Crippen LogP contribution in [0.15, 0.2) is 35.2 Å². The molecule has 2 fully saturated rings. The van der Waals surface area contributed by atoms with Crippen molar-refractivity contribution >= 4 is 10.0 Å². The van der Waals surface area contributed by atoms with Crippen molar-refractivity contribution in [3.05, 3.63) is 47.3 Å². The van der Waals surface area contributed by atoms with Gasteiger partial charge in [-0.05, 0) is 58.2 Å². The number of nitrogens with zero attached hydrogens (tertiary/aromatic N) is 3. The fourth-order valence-corrected chi connectivity index (χ4v) is 6.60. The molecule has 0 bridgehead atoms. The van der Waals surface area contributed by atoms with E-state index >= 15 is 0 Å². The highest BCUT2D eigenvalue weighted by Crippen LogP contribution is 2.42. The minimum absolute atomic E-state index is 0.0513. The van der Waals surface area contributed by atoms with Gasteiger partial charge >= 0.3 is 0 Å². The van der Waals surface area contributed by atoms with Gasteiger partial charge in [0.2, 0.25) is 10.0 Å². The maximum Gasteiger partial charge on any atom is 0.246 e. The number of sulfonamides is 1. The van der Waals surface area contributed by atoms with Gasteiger partial charge in [0.1, 0.15) is 4.90 Å². The molecule has 2 aromatic rings. The van der Waals surface area contributed by atoms with Crippen LogP contribution in [0.1, 0.15) is 42.6 Å². The Balaban J connectivity index is 1.62. The molecule has 0 atom stereocenters. The SMILES string of the molecule is Cc1n[nH]c(C)c1S(=O)(=O)N1CCC(c2ccccc2)(N2CCCC2)CC1. The van der Waals surface area contributed by atoms with Crippen molar-refractivity contribution in [2.24, 2.45) is 0 Å². The van der Waals surface area contributed by atoms with Crippen molar-refractivity contribution in [2.45, 2.75) is 50.0 Å². The maximum absolute atomic E-state index is 13.2. The molecule has 7 heteroatoms. The Kier molecular flexibility index (Phi) is 4.86. The van der Waals surface area contributed by atoms with Gasteiger partial charge in [-0.15, -0.1) is 0 Å². The third-order valence-corrected chi connectivity index (χ3v) is 8.39. The molecule has 2 aliphatic heterocycles. The fraction of sp³-hybridized carbons (Fsp3) is 0.550. The van der Waals surface area contributed by atoms with Crippen LogP contribution < -0.4 is 0 Å². The number of rotatable bonds is 4. The Labute approximate surface area is 161 Å². The van der Waals surface area contributed by atoms with Crippen molar-refractivity contribution < 1.29 is 8.42 Å². The molecule has 0 saturated carbocycles. The van der Waals surface area contributed by atoms with Crippen molar-refractivity contribution in [1.82, 2.24) is 19.4 Å². The minimum Gasteiger partial charge on any atom is -0.293 e. The van der Waals surface area contributed by atoms with Crippen LogP contribution in [0.2, 0.25) is 0 Å². The molecule has 1 N–H and O–H groups in total. The second kappa shape index (κ2) is 7.04. The number of H-pyrrole nitrogens is 1. The van der Waals surface area contributed by atoms with Gasteiger partial charge in [0, 0.05) is 18.6 Å². The van der Waals surface area contributed by atoms with E-state index in [0.29, 0.717) is 29.4 Å². The zero-order chi connectivity index (χ0) is 19.1. The monoisotopic (exact) mass is 388 g/mol. The third kappa shape index (κ3) is 3.11. The highest BCUT2D eigenvalue weighted by atomic mass is 32.2. The topological polar surface area (TPSA) is 69.3 Å². The Hall–Kier alpha value is -1.70. The van der Waals surface area contributed by atoms with E-state index < -0.39 is 10.0 Å². The first-order chi connectivity index (χ1) is 12.9. The number of aromatic amines is 1. The second-order valence-corrected chi connectivity index (χ2v) is 9.63. The molecule has 6 nitrogen and oxygen atoms in total. The lowest BCUT2D eigenvalue weighted by atomic mass is 9.80. The van der Waals surface area contributed by atoms with E-state index in [1.165, 1.54) is 18.4 Å². The number of benzene rings is 1. The molecule has 0 unspecified atom stereocenters.